The van der Waals surface area contributed by atoms with E-state index in [9.17, 15) is 9.50 Å². The molecule has 1 aliphatic rings. The molecule has 1 saturated heterocycles. The molecule has 0 radical (unpaired) electrons. The smallest absolute Gasteiger partial charge is 0.126 e. The van der Waals surface area contributed by atoms with Crippen LogP contribution in [0.2, 0.25) is 5.02 Å². The number of aliphatic hydroxyl groups is 1. The first kappa shape index (κ1) is 15.7. The SMILES string of the molecule is CN1CCN(C)C(CC(O)Cc2cc(Cl)ccc2F)C1. The van der Waals surface area contributed by atoms with Crippen LogP contribution in [-0.4, -0.2) is 60.8 Å². The highest BCUT2D eigenvalue weighted by molar-refractivity contribution is 6.30. The van der Waals surface area contributed by atoms with Gasteiger partial charge >= 0.3 is 0 Å². The number of hydrogen-bond donors (Lipinski definition) is 1. The molecule has 0 bridgehead atoms. The molecule has 0 spiro atoms. The molecule has 1 N–H and O–H groups in total. The van der Waals surface area contributed by atoms with Gasteiger partial charge in [0, 0.05) is 37.1 Å². The van der Waals surface area contributed by atoms with E-state index in [0.717, 1.165) is 19.6 Å². The number of aliphatic hydroxyl groups excluding tert-OH is 1. The molecule has 1 fully saturated rings. The first-order chi connectivity index (χ1) is 9.45. The van der Waals surface area contributed by atoms with E-state index in [1.807, 2.05) is 0 Å². The number of nitrogens with zero attached hydrogens (tertiary/aromatic N) is 2. The Bertz CT molecular complexity index is 457. The maximum Gasteiger partial charge on any atom is 0.126 e. The predicted octanol–water partition coefficient (Wildman–Crippen LogP) is 2.02. The van der Waals surface area contributed by atoms with Crippen molar-refractivity contribution in [3.63, 3.8) is 0 Å². The summed E-state index contributed by atoms with van der Waals surface area (Å²) in [4.78, 5) is 4.52. The van der Waals surface area contributed by atoms with Crippen LogP contribution in [-0.2, 0) is 6.42 Å². The largest absolute Gasteiger partial charge is 0.393 e. The molecule has 20 heavy (non-hydrogen) atoms. The highest BCUT2D eigenvalue weighted by atomic mass is 35.5. The second-order valence-electron chi connectivity index (χ2n) is 5.73. The monoisotopic (exact) mass is 300 g/mol. The normalized spacial score (nSPS) is 22.9. The van der Waals surface area contributed by atoms with Gasteiger partial charge < -0.3 is 14.9 Å². The molecule has 0 amide bonds. The van der Waals surface area contributed by atoms with Gasteiger partial charge in [0.15, 0.2) is 0 Å². The van der Waals surface area contributed by atoms with Crippen LogP contribution >= 0.6 is 11.6 Å². The molecular formula is C15H22ClFN2O. The zero-order chi connectivity index (χ0) is 14.7. The molecule has 0 aromatic heterocycles. The minimum atomic E-state index is -0.554. The van der Waals surface area contributed by atoms with Gasteiger partial charge in [-0.15, -0.1) is 0 Å². The van der Waals surface area contributed by atoms with Gasteiger partial charge in [-0.2, -0.15) is 0 Å². The van der Waals surface area contributed by atoms with Gasteiger partial charge in [-0.3, -0.25) is 0 Å². The fourth-order valence-corrected chi connectivity index (χ4v) is 2.90. The zero-order valence-corrected chi connectivity index (χ0v) is 12.8. The average molecular weight is 301 g/mol. The summed E-state index contributed by atoms with van der Waals surface area (Å²) in [5, 5.41) is 10.7. The molecule has 2 unspecified atom stereocenters. The first-order valence-corrected chi connectivity index (χ1v) is 7.34. The van der Waals surface area contributed by atoms with Crippen molar-refractivity contribution in [3.8, 4) is 0 Å². The standard InChI is InChI=1S/C15H22ClFN2O/c1-18-5-6-19(2)13(10-18)9-14(20)8-11-7-12(16)3-4-15(11)17/h3-4,7,13-14,20H,5-6,8-10H2,1-2H3. The average Bonchev–Trinajstić information content (AvgIpc) is 2.38. The molecule has 1 aliphatic heterocycles. The second-order valence-corrected chi connectivity index (χ2v) is 6.16. The Morgan fingerprint density at radius 1 is 1.40 bits per heavy atom. The summed E-state index contributed by atoms with van der Waals surface area (Å²) in [6.45, 7) is 2.98. The summed E-state index contributed by atoms with van der Waals surface area (Å²) in [6.07, 6.45) is 0.398. The van der Waals surface area contributed by atoms with Gasteiger partial charge in [-0.05, 0) is 44.3 Å². The van der Waals surface area contributed by atoms with Gasteiger partial charge in [-0.25, -0.2) is 4.39 Å². The molecule has 1 aromatic carbocycles. The Kier molecular flexibility index (Phi) is 5.38. The number of piperazine rings is 1. The van der Waals surface area contributed by atoms with Gasteiger partial charge in [0.05, 0.1) is 6.10 Å². The summed E-state index contributed by atoms with van der Waals surface area (Å²) in [5.41, 5.74) is 0.483. The van der Waals surface area contributed by atoms with Crippen molar-refractivity contribution in [2.75, 3.05) is 33.7 Å². The predicted molar refractivity (Wildman–Crippen MR) is 79.7 cm³/mol. The molecule has 5 heteroatoms. The molecule has 0 aliphatic carbocycles. The summed E-state index contributed by atoms with van der Waals surface area (Å²) in [5.74, 6) is -0.303. The van der Waals surface area contributed by atoms with Crippen LogP contribution in [0.4, 0.5) is 4.39 Å². The number of rotatable bonds is 4. The fourth-order valence-electron chi connectivity index (χ4n) is 2.71. The van der Waals surface area contributed by atoms with E-state index in [-0.39, 0.29) is 5.82 Å². The van der Waals surface area contributed by atoms with E-state index in [4.69, 9.17) is 11.6 Å². The molecule has 2 atom stereocenters. The van der Waals surface area contributed by atoms with Crippen molar-refractivity contribution >= 4 is 11.6 Å². The quantitative estimate of drug-likeness (QED) is 0.921. The molecule has 1 heterocycles. The zero-order valence-electron chi connectivity index (χ0n) is 12.0. The van der Waals surface area contributed by atoms with Crippen LogP contribution in [0.3, 0.4) is 0 Å². The van der Waals surface area contributed by atoms with E-state index >= 15 is 0 Å². The Labute approximate surface area is 124 Å². The Morgan fingerprint density at radius 3 is 2.90 bits per heavy atom. The van der Waals surface area contributed by atoms with E-state index in [1.165, 1.54) is 12.1 Å². The van der Waals surface area contributed by atoms with Gasteiger partial charge in [0.1, 0.15) is 5.82 Å². The van der Waals surface area contributed by atoms with Crippen LogP contribution in [0, 0.1) is 5.82 Å². The minimum Gasteiger partial charge on any atom is -0.393 e. The molecule has 112 valence electrons. The third-order valence-electron chi connectivity index (χ3n) is 3.99. The summed E-state index contributed by atoms with van der Waals surface area (Å²) >= 11 is 5.87. The molecule has 2 rings (SSSR count). The summed E-state index contributed by atoms with van der Waals surface area (Å²) in [6, 6.07) is 4.78. The lowest BCUT2D eigenvalue weighted by Gasteiger charge is -2.38. The van der Waals surface area contributed by atoms with E-state index < -0.39 is 6.10 Å². The topological polar surface area (TPSA) is 26.7 Å². The third kappa shape index (κ3) is 4.16. The highest BCUT2D eigenvalue weighted by Gasteiger charge is 2.25. The van der Waals surface area contributed by atoms with Crippen LogP contribution in [0.25, 0.3) is 0 Å². The van der Waals surface area contributed by atoms with E-state index in [0.29, 0.717) is 29.5 Å². The maximum absolute atomic E-state index is 13.7. The van der Waals surface area contributed by atoms with Crippen molar-refractivity contribution in [2.24, 2.45) is 0 Å². The Balaban J connectivity index is 1.94. The van der Waals surface area contributed by atoms with Crippen LogP contribution < -0.4 is 0 Å². The van der Waals surface area contributed by atoms with Crippen molar-refractivity contribution < 1.29 is 9.50 Å². The maximum atomic E-state index is 13.7. The Hall–Kier alpha value is -0.680. The van der Waals surface area contributed by atoms with E-state index in [2.05, 4.69) is 23.9 Å². The number of benzene rings is 1. The lowest BCUT2D eigenvalue weighted by Crippen LogP contribution is -2.51. The number of likely N-dealkylation sites (N-methyl/N-ethyl adjacent to an activating group) is 2. The molecule has 3 nitrogen and oxygen atoms in total. The van der Waals surface area contributed by atoms with Crippen molar-refractivity contribution in [3.05, 3.63) is 34.6 Å². The summed E-state index contributed by atoms with van der Waals surface area (Å²) in [7, 11) is 4.16. The Morgan fingerprint density at radius 2 is 2.15 bits per heavy atom. The lowest BCUT2D eigenvalue weighted by molar-refractivity contribution is 0.0636. The van der Waals surface area contributed by atoms with Crippen LogP contribution in [0.1, 0.15) is 12.0 Å². The number of halogens is 2. The van der Waals surface area contributed by atoms with Gasteiger partial charge in [-0.1, -0.05) is 11.6 Å². The number of hydrogen-bond acceptors (Lipinski definition) is 3. The highest BCUT2D eigenvalue weighted by Crippen LogP contribution is 2.19. The van der Waals surface area contributed by atoms with Gasteiger partial charge in [0.25, 0.3) is 0 Å². The van der Waals surface area contributed by atoms with Crippen molar-refractivity contribution in [1.29, 1.82) is 0 Å². The molecule has 0 saturated carbocycles. The molecular weight excluding hydrogens is 279 g/mol. The van der Waals surface area contributed by atoms with Gasteiger partial charge in [0.2, 0.25) is 0 Å². The third-order valence-corrected chi connectivity index (χ3v) is 4.22. The van der Waals surface area contributed by atoms with Crippen molar-refractivity contribution in [1.82, 2.24) is 9.80 Å². The van der Waals surface area contributed by atoms with Crippen LogP contribution in [0.5, 0.6) is 0 Å². The second kappa shape index (κ2) is 6.85. The minimum absolute atomic E-state index is 0.303. The summed E-state index contributed by atoms with van der Waals surface area (Å²) < 4.78 is 13.7. The fraction of sp³-hybridized carbons (Fsp3) is 0.600. The lowest BCUT2D eigenvalue weighted by atomic mass is 9.99. The van der Waals surface area contributed by atoms with Crippen LogP contribution in [0.15, 0.2) is 18.2 Å². The molecule has 1 aromatic rings. The van der Waals surface area contributed by atoms with E-state index in [1.54, 1.807) is 6.07 Å². The van der Waals surface area contributed by atoms with Crippen molar-refractivity contribution in [2.45, 2.75) is 25.0 Å². The first-order valence-electron chi connectivity index (χ1n) is 6.96.